The third kappa shape index (κ3) is 4.66. The van der Waals surface area contributed by atoms with E-state index in [1.807, 2.05) is 0 Å². The molecule has 1 amide bonds. The number of rotatable bonds is 0. The Hall–Kier alpha value is -1.74. The molecule has 16 heavy (non-hydrogen) atoms. The lowest BCUT2D eigenvalue weighted by molar-refractivity contribution is -0.118. The molecule has 0 saturated heterocycles. The Morgan fingerprint density at radius 1 is 1.44 bits per heavy atom. The number of hydrogen-bond acceptors (Lipinski definition) is 6. The van der Waals surface area contributed by atoms with Crippen LogP contribution in [0.5, 0.6) is 5.88 Å². The Labute approximate surface area is 91.4 Å². The van der Waals surface area contributed by atoms with Gasteiger partial charge in [-0.05, 0) is 0 Å². The zero-order chi connectivity index (χ0) is 12.2. The van der Waals surface area contributed by atoms with Gasteiger partial charge >= 0.3 is 0 Å². The zero-order valence-electron chi connectivity index (χ0n) is 8.24. The van der Waals surface area contributed by atoms with Crippen LogP contribution in [0.3, 0.4) is 0 Å². The molecule has 2 heterocycles. The van der Waals surface area contributed by atoms with Crippen molar-refractivity contribution in [2.75, 3.05) is 18.2 Å². The number of amides is 1. The van der Waals surface area contributed by atoms with E-state index in [9.17, 15) is 13.2 Å². The van der Waals surface area contributed by atoms with E-state index in [-0.39, 0.29) is 12.5 Å². The number of anilines is 1. The Balaban J connectivity index is 0.000000221. The number of nitrogens with zero attached hydrogens (tertiary/aromatic N) is 2. The van der Waals surface area contributed by atoms with Gasteiger partial charge in [0.05, 0.1) is 6.26 Å². The monoisotopic (exact) mass is 247 g/mol. The molecule has 1 aromatic heterocycles. The lowest BCUT2D eigenvalue weighted by atomic mass is 10.5. The van der Waals surface area contributed by atoms with Crippen molar-refractivity contribution in [3.8, 4) is 5.88 Å². The van der Waals surface area contributed by atoms with Gasteiger partial charge in [-0.1, -0.05) is 0 Å². The molecule has 0 radical (unpaired) electrons. The largest absolute Gasteiger partial charge is 0.465 e. The molecule has 2 rings (SSSR count). The molecule has 9 heteroatoms. The first-order valence-corrected chi connectivity index (χ1v) is 5.87. The molecule has 0 bridgehead atoms. The average molecular weight is 247 g/mol. The maximum atomic E-state index is 10.7. The molecule has 1 aliphatic heterocycles. The van der Waals surface area contributed by atoms with Crippen molar-refractivity contribution in [3.63, 3.8) is 0 Å². The number of carbonyl (C=O) groups is 1. The fraction of sp³-hybridized carbons (Fsp3) is 0.286. The van der Waals surface area contributed by atoms with Gasteiger partial charge in [-0.25, -0.2) is 9.97 Å². The zero-order valence-corrected chi connectivity index (χ0v) is 9.06. The summed E-state index contributed by atoms with van der Waals surface area (Å²) in [5.41, 5.74) is 0. The highest BCUT2D eigenvalue weighted by Crippen LogP contribution is 2.19. The Bertz CT molecular complexity index is 479. The molecule has 0 fully saturated rings. The lowest BCUT2D eigenvalue weighted by Crippen LogP contribution is -2.26. The number of carbonyl (C=O) groups excluding carboxylic acids is 1. The van der Waals surface area contributed by atoms with Gasteiger partial charge in [-0.3, -0.25) is 9.35 Å². The summed E-state index contributed by atoms with van der Waals surface area (Å²) >= 11 is 0. The van der Waals surface area contributed by atoms with E-state index >= 15 is 0 Å². The molecule has 0 aromatic carbocycles. The second-order valence-corrected chi connectivity index (χ2v) is 4.25. The molecular weight excluding hydrogens is 238 g/mol. The van der Waals surface area contributed by atoms with Crippen molar-refractivity contribution in [3.05, 3.63) is 12.4 Å². The maximum absolute atomic E-state index is 10.7. The minimum absolute atomic E-state index is 0.0195. The lowest BCUT2D eigenvalue weighted by Gasteiger charge is -2.13. The third-order valence-electron chi connectivity index (χ3n) is 1.26. The smallest absolute Gasteiger partial charge is 0.263 e. The van der Waals surface area contributed by atoms with Crippen LogP contribution in [-0.4, -0.2) is 41.7 Å². The maximum Gasteiger partial charge on any atom is 0.263 e. The molecule has 0 atom stereocenters. The second-order valence-electron chi connectivity index (χ2n) is 2.78. The molecule has 1 aromatic rings. The number of aromatic nitrogens is 2. The highest BCUT2D eigenvalue weighted by molar-refractivity contribution is 7.85. The molecule has 88 valence electrons. The van der Waals surface area contributed by atoms with Crippen LogP contribution in [0.4, 0.5) is 5.82 Å². The first kappa shape index (κ1) is 12.3. The fourth-order valence-corrected chi connectivity index (χ4v) is 0.819. The van der Waals surface area contributed by atoms with Crippen LogP contribution in [0.1, 0.15) is 0 Å². The van der Waals surface area contributed by atoms with E-state index in [0.717, 1.165) is 0 Å². The van der Waals surface area contributed by atoms with Crippen molar-refractivity contribution in [1.29, 1.82) is 0 Å². The van der Waals surface area contributed by atoms with Crippen LogP contribution in [0.2, 0.25) is 0 Å². The number of ether oxygens (including phenoxy) is 1. The average Bonchev–Trinajstić information content (AvgIpc) is 2.15. The first-order valence-electron chi connectivity index (χ1n) is 4.02. The van der Waals surface area contributed by atoms with Crippen molar-refractivity contribution >= 4 is 21.8 Å². The van der Waals surface area contributed by atoms with Gasteiger partial charge in [0.15, 0.2) is 12.4 Å². The van der Waals surface area contributed by atoms with Gasteiger partial charge < -0.3 is 10.1 Å². The predicted octanol–water partition coefficient (Wildman–Crippen LogP) is -0.689. The molecule has 2 N–H and O–H groups in total. The molecule has 0 aliphatic carbocycles. The summed E-state index contributed by atoms with van der Waals surface area (Å²) < 4.78 is 30.8. The Morgan fingerprint density at radius 2 is 2.00 bits per heavy atom. The van der Waals surface area contributed by atoms with Crippen LogP contribution in [-0.2, 0) is 14.9 Å². The van der Waals surface area contributed by atoms with E-state index in [4.69, 9.17) is 9.29 Å². The van der Waals surface area contributed by atoms with E-state index in [0.29, 0.717) is 18.0 Å². The van der Waals surface area contributed by atoms with Crippen molar-refractivity contribution < 1.29 is 22.5 Å². The predicted molar refractivity (Wildman–Crippen MR) is 53.6 cm³/mol. The van der Waals surface area contributed by atoms with Crippen LogP contribution < -0.4 is 10.1 Å². The van der Waals surface area contributed by atoms with E-state index < -0.39 is 10.1 Å². The minimum atomic E-state index is -3.67. The van der Waals surface area contributed by atoms with Crippen LogP contribution in [0, 0.1) is 0 Å². The number of fused-ring (bicyclic) bond motifs is 1. The van der Waals surface area contributed by atoms with Gasteiger partial charge in [0.2, 0.25) is 0 Å². The van der Waals surface area contributed by atoms with E-state index in [2.05, 4.69) is 15.3 Å². The summed E-state index contributed by atoms with van der Waals surface area (Å²) in [4.78, 5) is 18.4. The highest BCUT2D eigenvalue weighted by Gasteiger charge is 2.16. The highest BCUT2D eigenvalue weighted by atomic mass is 32.2. The van der Waals surface area contributed by atoms with Crippen LogP contribution in [0.15, 0.2) is 12.4 Å². The van der Waals surface area contributed by atoms with Gasteiger partial charge in [-0.2, -0.15) is 8.42 Å². The van der Waals surface area contributed by atoms with Crippen molar-refractivity contribution in [1.82, 2.24) is 9.97 Å². The van der Waals surface area contributed by atoms with Gasteiger partial charge in [-0.15, -0.1) is 0 Å². The van der Waals surface area contributed by atoms with E-state index in [1.54, 1.807) is 0 Å². The summed E-state index contributed by atoms with van der Waals surface area (Å²) in [6.07, 6.45) is 3.72. The van der Waals surface area contributed by atoms with Crippen LogP contribution in [0.25, 0.3) is 0 Å². The van der Waals surface area contributed by atoms with E-state index in [1.165, 1.54) is 12.4 Å². The van der Waals surface area contributed by atoms with Crippen molar-refractivity contribution in [2.24, 2.45) is 0 Å². The summed E-state index contributed by atoms with van der Waals surface area (Å²) in [6.45, 7) is 0.0195. The van der Waals surface area contributed by atoms with Gasteiger partial charge in [0.25, 0.3) is 21.9 Å². The topological polar surface area (TPSA) is 118 Å². The van der Waals surface area contributed by atoms with Crippen molar-refractivity contribution in [2.45, 2.75) is 0 Å². The van der Waals surface area contributed by atoms with Gasteiger partial charge in [0.1, 0.15) is 0 Å². The van der Waals surface area contributed by atoms with Gasteiger partial charge in [0, 0.05) is 12.4 Å². The molecule has 1 aliphatic rings. The molecule has 0 unspecified atom stereocenters. The van der Waals surface area contributed by atoms with Crippen LogP contribution >= 0.6 is 0 Å². The Morgan fingerprint density at radius 3 is 2.62 bits per heavy atom. The summed E-state index contributed by atoms with van der Waals surface area (Å²) in [7, 11) is -3.67. The third-order valence-corrected chi connectivity index (χ3v) is 1.26. The number of nitrogens with one attached hydrogen (secondary N) is 1. The first-order chi connectivity index (χ1) is 7.36. The Kier molecular flexibility index (Phi) is 3.74. The number of hydrogen-bond donors (Lipinski definition) is 2. The molecule has 8 nitrogen and oxygen atoms in total. The summed E-state index contributed by atoms with van der Waals surface area (Å²) in [5, 5.41) is 2.52. The standard InChI is InChI=1S/C6H5N3O2.CH4O3S/c10-4-3-11-6-5(9-4)7-1-2-8-6;1-5(2,3)4/h1-2H,3H2,(H,7,9,10);1H3,(H,2,3,4). The summed E-state index contributed by atoms with van der Waals surface area (Å²) in [6, 6.07) is 0. The quantitative estimate of drug-likeness (QED) is 0.582. The summed E-state index contributed by atoms with van der Waals surface area (Å²) in [5.74, 6) is 0.578. The molecular formula is C7H9N3O5S. The normalized spacial score (nSPS) is 13.8. The molecule has 0 saturated carbocycles. The molecule has 0 spiro atoms. The SMILES string of the molecule is CS(=O)(=O)O.O=C1COc2nccnc2N1. The second kappa shape index (κ2) is 4.86. The fourth-order valence-electron chi connectivity index (χ4n) is 0.819. The minimum Gasteiger partial charge on any atom is -0.465 e.